The zero-order valence-electron chi connectivity index (χ0n) is 14.6. The van der Waals surface area contributed by atoms with E-state index in [4.69, 9.17) is 4.42 Å². The van der Waals surface area contributed by atoms with Gasteiger partial charge in [0.1, 0.15) is 11.3 Å². The molecule has 2 aromatic heterocycles. The first-order valence-electron chi connectivity index (χ1n) is 8.68. The number of rotatable bonds is 5. The molecule has 0 saturated carbocycles. The van der Waals surface area contributed by atoms with Crippen LogP contribution in [0.2, 0.25) is 0 Å². The molecule has 1 aliphatic heterocycles. The van der Waals surface area contributed by atoms with E-state index in [1.54, 1.807) is 17.8 Å². The molecular weight excluding hydrogens is 353 g/mol. The molecule has 3 aromatic rings. The standard InChI is InChI=1S/C18H20FN5OS/c1-2-26-17-20-10-13(11-21-17)12-23-5-7-24(8-6-23)18-22-15-9-14(19)3-4-16(15)25-18/h3-4,9-11H,2,5-8,12H2,1H3. The highest BCUT2D eigenvalue weighted by atomic mass is 32.2. The Kier molecular flexibility index (Phi) is 5.03. The minimum Gasteiger partial charge on any atom is -0.423 e. The third kappa shape index (κ3) is 3.81. The van der Waals surface area contributed by atoms with Crippen LogP contribution in [-0.4, -0.2) is 51.8 Å². The molecular formula is C18H20FN5OS. The summed E-state index contributed by atoms with van der Waals surface area (Å²) in [4.78, 5) is 17.7. The number of piperazine rings is 1. The van der Waals surface area contributed by atoms with Crippen molar-refractivity contribution in [2.75, 3.05) is 36.8 Å². The van der Waals surface area contributed by atoms with E-state index in [1.165, 1.54) is 12.1 Å². The summed E-state index contributed by atoms with van der Waals surface area (Å²) in [6.07, 6.45) is 3.82. The van der Waals surface area contributed by atoms with Crippen LogP contribution in [0.3, 0.4) is 0 Å². The Hall–Kier alpha value is -2.19. The van der Waals surface area contributed by atoms with Gasteiger partial charge >= 0.3 is 0 Å². The van der Waals surface area contributed by atoms with Gasteiger partial charge in [0.05, 0.1) is 0 Å². The quantitative estimate of drug-likeness (QED) is 0.503. The normalized spacial score (nSPS) is 15.7. The molecule has 0 radical (unpaired) electrons. The molecule has 0 amide bonds. The minimum absolute atomic E-state index is 0.298. The fraction of sp³-hybridized carbons (Fsp3) is 0.389. The van der Waals surface area contributed by atoms with Gasteiger partial charge in [-0.3, -0.25) is 4.90 Å². The summed E-state index contributed by atoms with van der Waals surface area (Å²) >= 11 is 1.65. The summed E-state index contributed by atoms with van der Waals surface area (Å²) in [6.45, 7) is 6.37. The second-order valence-electron chi connectivity index (χ2n) is 6.18. The van der Waals surface area contributed by atoms with E-state index in [2.05, 4.69) is 31.7 Å². The van der Waals surface area contributed by atoms with Crippen LogP contribution >= 0.6 is 11.8 Å². The van der Waals surface area contributed by atoms with Crippen LogP contribution in [0.5, 0.6) is 0 Å². The van der Waals surface area contributed by atoms with Crippen molar-refractivity contribution in [2.45, 2.75) is 18.6 Å². The van der Waals surface area contributed by atoms with Crippen molar-refractivity contribution in [1.82, 2.24) is 19.9 Å². The van der Waals surface area contributed by atoms with Crippen LogP contribution in [0.1, 0.15) is 12.5 Å². The highest BCUT2D eigenvalue weighted by molar-refractivity contribution is 7.99. The number of halogens is 1. The molecule has 4 rings (SSSR count). The highest BCUT2D eigenvalue weighted by Crippen LogP contribution is 2.23. The molecule has 1 fully saturated rings. The number of oxazole rings is 1. The molecule has 0 spiro atoms. The lowest BCUT2D eigenvalue weighted by atomic mass is 10.2. The van der Waals surface area contributed by atoms with Crippen molar-refractivity contribution < 1.29 is 8.81 Å². The first-order chi connectivity index (χ1) is 12.7. The maximum absolute atomic E-state index is 13.3. The first-order valence-corrected chi connectivity index (χ1v) is 9.67. The van der Waals surface area contributed by atoms with Crippen molar-refractivity contribution in [3.05, 3.63) is 42.0 Å². The van der Waals surface area contributed by atoms with Crippen LogP contribution in [0, 0.1) is 5.82 Å². The fourth-order valence-electron chi connectivity index (χ4n) is 3.01. The summed E-state index contributed by atoms with van der Waals surface area (Å²) in [5.74, 6) is 0.678. The Morgan fingerprint density at radius 3 is 2.65 bits per heavy atom. The number of aromatic nitrogens is 3. The number of anilines is 1. The van der Waals surface area contributed by atoms with Crippen LogP contribution in [-0.2, 0) is 6.54 Å². The number of nitrogens with zero attached hydrogens (tertiary/aromatic N) is 5. The van der Waals surface area contributed by atoms with E-state index in [9.17, 15) is 4.39 Å². The summed E-state index contributed by atoms with van der Waals surface area (Å²) in [5.41, 5.74) is 2.30. The van der Waals surface area contributed by atoms with Crippen LogP contribution in [0.15, 0.2) is 40.2 Å². The van der Waals surface area contributed by atoms with E-state index in [-0.39, 0.29) is 5.82 Å². The zero-order chi connectivity index (χ0) is 17.9. The summed E-state index contributed by atoms with van der Waals surface area (Å²) in [5, 5.41) is 0.827. The molecule has 1 aliphatic rings. The van der Waals surface area contributed by atoms with Crippen LogP contribution in [0.25, 0.3) is 11.1 Å². The molecule has 8 heteroatoms. The van der Waals surface area contributed by atoms with Gasteiger partial charge in [-0.2, -0.15) is 4.98 Å². The topological polar surface area (TPSA) is 58.3 Å². The van der Waals surface area contributed by atoms with E-state index in [1.807, 2.05) is 12.4 Å². The smallest absolute Gasteiger partial charge is 0.298 e. The Morgan fingerprint density at radius 1 is 1.15 bits per heavy atom. The number of thioether (sulfide) groups is 1. The summed E-state index contributed by atoms with van der Waals surface area (Å²) < 4.78 is 19.1. The van der Waals surface area contributed by atoms with Gasteiger partial charge < -0.3 is 9.32 Å². The van der Waals surface area contributed by atoms with Crippen molar-refractivity contribution in [1.29, 1.82) is 0 Å². The molecule has 0 bridgehead atoms. The lowest BCUT2D eigenvalue weighted by Crippen LogP contribution is -2.46. The maximum atomic E-state index is 13.3. The third-order valence-corrected chi connectivity index (χ3v) is 5.10. The monoisotopic (exact) mass is 373 g/mol. The van der Waals surface area contributed by atoms with Crippen molar-refractivity contribution in [2.24, 2.45) is 0 Å². The van der Waals surface area contributed by atoms with Gasteiger partial charge in [0.25, 0.3) is 6.01 Å². The molecule has 6 nitrogen and oxygen atoms in total. The molecule has 1 aromatic carbocycles. The predicted molar refractivity (Wildman–Crippen MR) is 99.9 cm³/mol. The number of benzene rings is 1. The molecule has 1 saturated heterocycles. The van der Waals surface area contributed by atoms with Crippen molar-refractivity contribution in [3.63, 3.8) is 0 Å². The Balaban J connectivity index is 1.35. The molecule has 3 heterocycles. The maximum Gasteiger partial charge on any atom is 0.298 e. The first kappa shape index (κ1) is 17.2. The Labute approximate surface area is 155 Å². The van der Waals surface area contributed by atoms with Gasteiger partial charge in [-0.05, 0) is 17.9 Å². The van der Waals surface area contributed by atoms with Gasteiger partial charge in [0.15, 0.2) is 10.7 Å². The van der Waals surface area contributed by atoms with Gasteiger partial charge in [-0.25, -0.2) is 14.4 Å². The second-order valence-corrected chi connectivity index (χ2v) is 7.41. The minimum atomic E-state index is -0.298. The van der Waals surface area contributed by atoms with Crippen molar-refractivity contribution >= 4 is 28.9 Å². The molecule has 136 valence electrons. The molecule has 0 aliphatic carbocycles. The predicted octanol–water partition coefficient (Wildman–Crippen LogP) is 3.19. The average molecular weight is 373 g/mol. The summed E-state index contributed by atoms with van der Waals surface area (Å²) in [6, 6.07) is 4.98. The molecule has 26 heavy (non-hydrogen) atoms. The number of hydrogen-bond donors (Lipinski definition) is 0. The zero-order valence-corrected chi connectivity index (χ0v) is 15.4. The van der Waals surface area contributed by atoms with E-state index >= 15 is 0 Å². The number of hydrogen-bond acceptors (Lipinski definition) is 7. The van der Waals surface area contributed by atoms with E-state index in [0.717, 1.165) is 49.2 Å². The lowest BCUT2D eigenvalue weighted by molar-refractivity contribution is 0.245. The van der Waals surface area contributed by atoms with Gasteiger partial charge in [0.2, 0.25) is 0 Å². The van der Waals surface area contributed by atoms with E-state index < -0.39 is 0 Å². The third-order valence-electron chi connectivity index (χ3n) is 4.34. The molecule has 0 atom stereocenters. The molecule has 0 N–H and O–H groups in total. The van der Waals surface area contributed by atoms with E-state index in [0.29, 0.717) is 17.1 Å². The van der Waals surface area contributed by atoms with Gasteiger partial charge in [0, 0.05) is 56.7 Å². The van der Waals surface area contributed by atoms with Crippen LogP contribution < -0.4 is 4.90 Å². The second kappa shape index (κ2) is 7.59. The lowest BCUT2D eigenvalue weighted by Gasteiger charge is -2.33. The SMILES string of the molecule is CCSc1ncc(CN2CCN(c3nc4cc(F)ccc4o3)CC2)cn1. The largest absolute Gasteiger partial charge is 0.423 e. The van der Waals surface area contributed by atoms with Gasteiger partial charge in [-0.15, -0.1) is 0 Å². The fourth-order valence-corrected chi connectivity index (χ4v) is 3.52. The Bertz CT molecular complexity index is 877. The number of fused-ring (bicyclic) bond motifs is 1. The summed E-state index contributed by atoms with van der Waals surface area (Å²) in [7, 11) is 0. The average Bonchev–Trinajstić information content (AvgIpc) is 3.07. The molecule has 0 unspecified atom stereocenters. The van der Waals surface area contributed by atoms with Crippen LogP contribution in [0.4, 0.5) is 10.4 Å². The van der Waals surface area contributed by atoms with Crippen molar-refractivity contribution in [3.8, 4) is 0 Å². The Morgan fingerprint density at radius 2 is 1.92 bits per heavy atom. The highest BCUT2D eigenvalue weighted by Gasteiger charge is 2.21. The van der Waals surface area contributed by atoms with Gasteiger partial charge in [-0.1, -0.05) is 18.7 Å².